The molecule has 23 heavy (non-hydrogen) atoms. The second kappa shape index (κ2) is 5.11. The zero-order chi connectivity index (χ0) is 16.0. The van der Waals surface area contributed by atoms with E-state index in [4.69, 9.17) is 11.5 Å². The van der Waals surface area contributed by atoms with Crippen LogP contribution in [0.2, 0.25) is 0 Å². The Hall–Kier alpha value is -2.85. The molecule has 4 aromatic rings. The molecule has 0 spiro atoms. The van der Waals surface area contributed by atoms with Gasteiger partial charge in [0, 0.05) is 25.7 Å². The highest BCUT2D eigenvalue weighted by molar-refractivity contribution is 7.25. The van der Waals surface area contributed by atoms with Crippen LogP contribution >= 0.6 is 11.3 Å². The molecule has 0 aliphatic carbocycles. The maximum Gasteiger partial charge on any atom is 0.150 e. The number of rotatable bonds is 2. The van der Waals surface area contributed by atoms with E-state index in [2.05, 4.69) is 18.2 Å². The lowest BCUT2D eigenvalue weighted by Gasteiger charge is -2.06. The Morgan fingerprint density at radius 3 is 2.30 bits per heavy atom. The van der Waals surface area contributed by atoms with Crippen molar-refractivity contribution >= 4 is 49.2 Å². The number of benzene rings is 3. The zero-order valence-electron chi connectivity index (χ0n) is 12.2. The molecule has 3 aromatic carbocycles. The molecule has 4 rings (SSSR count). The minimum absolute atomic E-state index is 0.591. The molecule has 1 heterocycles. The van der Waals surface area contributed by atoms with E-state index in [1.807, 2.05) is 36.4 Å². The topological polar surface area (TPSA) is 69.1 Å². The van der Waals surface area contributed by atoms with Crippen molar-refractivity contribution in [2.75, 3.05) is 11.5 Å². The van der Waals surface area contributed by atoms with Crippen LogP contribution in [0.5, 0.6) is 0 Å². The number of anilines is 2. The first-order chi connectivity index (χ1) is 11.2. The molecule has 0 aliphatic rings. The highest BCUT2D eigenvalue weighted by Gasteiger charge is 2.08. The smallest absolute Gasteiger partial charge is 0.150 e. The number of fused-ring (bicyclic) bond motifs is 3. The van der Waals surface area contributed by atoms with Gasteiger partial charge in [-0.1, -0.05) is 24.3 Å². The summed E-state index contributed by atoms with van der Waals surface area (Å²) < 4.78 is 2.33. The predicted molar refractivity (Wildman–Crippen MR) is 99.0 cm³/mol. The molecule has 0 radical (unpaired) electrons. The van der Waals surface area contributed by atoms with Crippen molar-refractivity contribution in [1.82, 2.24) is 0 Å². The third-order valence-corrected chi connectivity index (χ3v) is 5.19. The van der Waals surface area contributed by atoms with Crippen LogP contribution in [0, 0.1) is 0 Å². The normalized spacial score (nSPS) is 11.1. The second-order valence-corrected chi connectivity index (χ2v) is 6.61. The van der Waals surface area contributed by atoms with E-state index in [1.165, 1.54) is 15.5 Å². The van der Waals surface area contributed by atoms with Crippen molar-refractivity contribution in [3.63, 3.8) is 0 Å². The van der Waals surface area contributed by atoms with Gasteiger partial charge in [-0.3, -0.25) is 4.79 Å². The highest BCUT2D eigenvalue weighted by Crippen LogP contribution is 2.37. The van der Waals surface area contributed by atoms with Crippen molar-refractivity contribution in [3.05, 3.63) is 60.2 Å². The van der Waals surface area contributed by atoms with Gasteiger partial charge in [-0.05, 0) is 41.5 Å². The molecule has 0 unspecified atom stereocenters. The second-order valence-electron chi connectivity index (χ2n) is 5.53. The van der Waals surface area contributed by atoms with Gasteiger partial charge >= 0.3 is 0 Å². The van der Waals surface area contributed by atoms with E-state index in [0.717, 1.165) is 22.1 Å². The predicted octanol–water partition coefficient (Wildman–Crippen LogP) is 4.70. The van der Waals surface area contributed by atoms with Gasteiger partial charge in [0.05, 0.1) is 11.4 Å². The van der Waals surface area contributed by atoms with Crippen molar-refractivity contribution < 1.29 is 4.79 Å². The lowest BCUT2D eigenvalue weighted by atomic mass is 10.0. The molecule has 3 nitrogen and oxygen atoms in total. The molecular formula is C19H14N2OS. The fourth-order valence-electron chi connectivity index (χ4n) is 2.80. The van der Waals surface area contributed by atoms with Gasteiger partial charge in [-0.15, -0.1) is 11.3 Å². The lowest BCUT2D eigenvalue weighted by Crippen LogP contribution is -1.94. The molecule has 112 valence electrons. The number of hydrogen-bond donors (Lipinski definition) is 2. The van der Waals surface area contributed by atoms with Crippen LogP contribution < -0.4 is 11.5 Å². The highest BCUT2D eigenvalue weighted by atomic mass is 32.1. The van der Waals surface area contributed by atoms with E-state index in [1.54, 1.807) is 11.3 Å². The van der Waals surface area contributed by atoms with Crippen molar-refractivity contribution in [2.45, 2.75) is 0 Å². The van der Waals surface area contributed by atoms with Crippen LogP contribution in [0.4, 0.5) is 11.4 Å². The Bertz CT molecular complexity index is 1070. The van der Waals surface area contributed by atoms with Crippen LogP contribution in [0.25, 0.3) is 31.3 Å². The third-order valence-electron chi connectivity index (χ3n) is 4.05. The average molecular weight is 318 g/mol. The monoisotopic (exact) mass is 318 g/mol. The molecule has 0 aliphatic heterocycles. The maximum atomic E-state index is 10.9. The summed E-state index contributed by atoms with van der Waals surface area (Å²) in [5.41, 5.74) is 15.7. The Labute approximate surface area is 137 Å². The number of carbonyl (C=O) groups excluding carboxylic acids is 1. The molecule has 4 N–H and O–H groups in total. The van der Waals surface area contributed by atoms with Crippen LogP contribution in [0.1, 0.15) is 10.4 Å². The van der Waals surface area contributed by atoms with E-state index in [9.17, 15) is 4.79 Å². The fraction of sp³-hybridized carbons (Fsp3) is 0. The summed E-state index contributed by atoms with van der Waals surface area (Å²) in [5.74, 6) is 0. The first-order valence-electron chi connectivity index (χ1n) is 7.22. The van der Waals surface area contributed by atoms with E-state index in [-0.39, 0.29) is 0 Å². The van der Waals surface area contributed by atoms with E-state index >= 15 is 0 Å². The summed E-state index contributed by atoms with van der Waals surface area (Å²) in [6.45, 7) is 0. The SMILES string of the molecule is Nc1ccc(-c2ccc3sc4cc(C=O)ccc4c3c2)cc1N. The Morgan fingerprint density at radius 1 is 0.739 bits per heavy atom. The average Bonchev–Trinajstić information content (AvgIpc) is 2.94. The lowest BCUT2D eigenvalue weighted by molar-refractivity contribution is 0.112. The van der Waals surface area contributed by atoms with Crippen LogP contribution in [-0.4, -0.2) is 6.29 Å². The molecule has 0 fully saturated rings. The molecule has 0 atom stereocenters. The molecule has 0 bridgehead atoms. The van der Waals surface area contributed by atoms with Crippen molar-refractivity contribution in [3.8, 4) is 11.1 Å². The van der Waals surface area contributed by atoms with E-state index < -0.39 is 0 Å². The summed E-state index contributed by atoms with van der Waals surface area (Å²) in [6.07, 6.45) is 0.881. The Balaban J connectivity index is 1.94. The van der Waals surface area contributed by atoms with Crippen LogP contribution in [0.15, 0.2) is 54.6 Å². The Kier molecular flexibility index (Phi) is 3.06. The van der Waals surface area contributed by atoms with Crippen LogP contribution in [0.3, 0.4) is 0 Å². The molecule has 1 aromatic heterocycles. The zero-order valence-corrected chi connectivity index (χ0v) is 13.1. The Morgan fingerprint density at radius 2 is 1.52 bits per heavy atom. The summed E-state index contributed by atoms with van der Waals surface area (Å²) in [6, 6.07) is 17.9. The van der Waals surface area contributed by atoms with Crippen molar-refractivity contribution in [1.29, 1.82) is 0 Å². The first kappa shape index (κ1) is 13.8. The molecular weight excluding hydrogens is 304 g/mol. The summed E-state index contributed by atoms with van der Waals surface area (Å²) in [4.78, 5) is 10.9. The maximum absolute atomic E-state index is 10.9. The third kappa shape index (κ3) is 2.24. The van der Waals surface area contributed by atoms with Crippen LogP contribution in [-0.2, 0) is 0 Å². The number of carbonyl (C=O) groups is 1. The summed E-state index contributed by atoms with van der Waals surface area (Å²) in [5, 5.41) is 2.36. The number of thiophene rings is 1. The van der Waals surface area contributed by atoms with Crippen molar-refractivity contribution in [2.24, 2.45) is 0 Å². The molecule has 0 amide bonds. The van der Waals surface area contributed by atoms with Gasteiger partial charge in [0.1, 0.15) is 6.29 Å². The minimum atomic E-state index is 0.591. The largest absolute Gasteiger partial charge is 0.397 e. The summed E-state index contributed by atoms with van der Waals surface area (Å²) in [7, 11) is 0. The standard InChI is InChI=1S/C19H14N2OS/c20-16-5-2-13(9-17(16)21)12-3-6-18-15(8-12)14-4-1-11(10-22)7-19(14)23-18/h1-10H,20-21H2. The van der Waals surface area contributed by atoms with Gasteiger partial charge in [-0.2, -0.15) is 0 Å². The van der Waals surface area contributed by atoms with E-state index in [0.29, 0.717) is 16.9 Å². The van der Waals surface area contributed by atoms with Gasteiger partial charge < -0.3 is 11.5 Å². The molecule has 4 heteroatoms. The van der Waals surface area contributed by atoms with Gasteiger partial charge in [0.25, 0.3) is 0 Å². The fourth-order valence-corrected chi connectivity index (χ4v) is 3.94. The number of hydrogen-bond acceptors (Lipinski definition) is 4. The quantitative estimate of drug-likeness (QED) is 0.416. The minimum Gasteiger partial charge on any atom is -0.397 e. The first-order valence-corrected chi connectivity index (χ1v) is 8.04. The number of nitrogens with two attached hydrogens (primary N) is 2. The van der Waals surface area contributed by atoms with Gasteiger partial charge in [0.2, 0.25) is 0 Å². The summed E-state index contributed by atoms with van der Waals surface area (Å²) >= 11 is 1.70. The molecule has 0 saturated carbocycles. The number of aldehydes is 1. The van der Waals surface area contributed by atoms with Gasteiger partial charge in [0.15, 0.2) is 0 Å². The van der Waals surface area contributed by atoms with Gasteiger partial charge in [-0.25, -0.2) is 0 Å². The number of nitrogen functional groups attached to an aromatic ring is 2. The molecule has 0 saturated heterocycles.